The Bertz CT molecular complexity index is 1510. The van der Waals surface area contributed by atoms with E-state index in [9.17, 15) is 9.59 Å². The molecule has 8 heteroatoms. The number of ether oxygens (including phenoxy) is 2. The van der Waals surface area contributed by atoms with Gasteiger partial charge in [-0.2, -0.15) is 0 Å². The van der Waals surface area contributed by atoms with Crippen LogP contribution in [0.15, 0.2) is 97.3 Å². The molecule has 1 fully saturated rings. The fourth-order valence-corrected chi connectivity index (χ4v) is 5.26. The van der Waals surface area contributed by atoms with Gasteiger partial charge in [-0.15, -0.1) is 0 Å². The molecular formula is C33H32N4O4. The number of benzene rings is 3. The molecule has 4 heterocycles. The molecule has 4 aromatic rings. The second-order valence-electron chi connectivity index (χ2n) is 10.4. The first-order chi connectivity index (χ1) is 20.1. The van der Waals surface area contributed by atoms with Gasteiger partial charge in [-0.05, 0) is 53.4 Å². The molecule has 208 valence electrons. The zero-order valence-corrected chi connectivity index (χ0v) is 22.7. The van der Waals surface area contributed by atoms with E-state index < -0.39 is 0 Å². The van der Waals surface area contributed by atoms with Crippen LogP contribution in [-0.2, 0) is 17.9 Å². The van der Waals surface area contributed by atoms with Gasteiger partial charge in [-0.3, -0.25) is 19.5 Å². The molecule has 2 N–H and O–H groups in total. The molecule has 1 aromatic heterocycles. The minimum atomic E-state index is -0.232. The number of hydrogen-bond acceptors (Lipinski definition) is 6. The lowest BCUT2D eigenvalue weighted by Crippen LogP contribution is -2.56. The minimum Gasteiger partial charge on any atom is -0.488 e. The molecular weight excluding hydrogens is 516 g/mol. The van der Waals surface area contributed by atoms with Gasteiger partial charge in [0.2, 0.25) is 0 Å². The molecule has 0 radical (unpaired) electrons. The lowest BCUT2D eigenvalue weighted by atomic mass is 10.00. The summed E-state index contributed by atoms with van der Waals surface area (Å²) in [6.45, 7) is 2.59. The standard InChI is InChI=1S/C33H32N4O4/c38-32-22-40-29-8-4-7-25(16-29)26-15-27(19-34-18-26)33(39)36-30-21-37(20-24-5-2-1-3-6-24)14-13-31(30)41-28-11-9-23(10-12-28)17-35-32/h1-12,15-16,18-19,30-31H,13-14,17,20-22H2,(H,35,38)(H,36,39)/t30-,31+/m1/s1. The normalized spacial score (nSPS) is 19.6. The summed E-state index contributed by atoms with van der Waals surface area (Å²) in [5, 5.41) is 6.15. The fourth-order valence-electron chi connectivity index (χ4n) is 5.26. The number of rotatable bonds is 2. The van der Waals surface area contributed by atoms with Crippen molar-refractivity contribution in [3.05, 3.63) is 114 Å². The minimum absolute atomic E-state index is 0.101. The Labute approximate surface area is 239 Å². The highest BCUT2D eigenvalue weighted by atomic mass is 16.5. The van der Waals surface area contributed by atoms with E-state index in [2.05, 4.69) is 32.7 Å². The van der Waals surface area contributed by atoms with E-state index in [0.717, 1.165) is 42.0 Å². The Morgan fingerprint density at radius 3 is 2.54 bits per heavy atom. The van der Waals surface area contributed by atoms with Gasteiger partial charge < -0.3 is 20.1 Å². The van der Waals surface area contributed by atoms with Crippen LogP contribution in [0.3, 0.4) is 0 Å². The molecule has 0 unspecified atom stereocenters. The fraction of sp³-hybridized carbons (Fsp3) is 0.242. The van der Waals surface area contributed by atoms with E-state index in [0.29, 0.717) is 24.4 Å². The van der Waals surface area contributed by atoms with E-state index in [4.69, 9.17) is 9.47 Å². The topological polar surface area (TPSA) is 92.8 Å². The molecule has 2 amide bonds. The quantitative estimate of drug-likeness (QED) is 0.390. The van der Waals surface area contributed by atoms with Gasteiger partial charge >= 0.3 is 0 Å². The number of fused-ring (bicyclic) bond motifs is 7. The summed E-state index contributed by atoms with van der Waals surface area (Å²) >= 11 is 0. The SMILES string of the molecule is O=C1COc2cccc(c2)-c2cncc(c2)C(=O)N[C@@H]2CN(Cc3ccccc3)CC[C@@H]2Oc2ccc(cc2)CN1. The Kier molecular flexibility index (Phi) is 7.91. The number of likely N-dealkylation sites (tertiary alicyclic amines) is 1. The summed E-state index contributed by atoms with van der Waals surface area (Å²) < 4.78 is 12.2. The maximum Gasteiger partial charge on any atom is 0.258 e. The van der Waals surface area contributed by atoms with Gasteiger partial charge in [-0.25, -0.2) is 0 Å². The van der Waals surface area contributed by atoms with Crippen LogP contribution in [0.1, 0.15) is 27.9 Å². The molecule has 2 atom stereocenters. The number of aromatic nitrogens is 1. The van der Waals surface area contributed by atoms with Crippen LogP contribution in [0.5, 0.6) is 11.5 Å². The first kappa shape index (κ1) is 26.5. The molecule has 3 aliphatic rings. The summed E-state index contributed by atoms with van der Waals surface area (Å²) in [6.07, 6.45) is 3.86. The van der Waals surface area contributed by atoms with Crippen molar-refractivity contribution >= 4 is 11.8 Å². The second-order valence-corrected chi connectivity index (χ2v) is 10.4. The summed E-state index contributed by atoms with van der Waals surface area (Å²) in [6, 6.07) is 27.1. The largest absolute Gasteiger partial charge is 0.488 e. The summed E-state index contributed by atoms with van der Waals surface area (Å²) in [5.74, 6) is 0.872. The molecule has 8 nitrogen and oxygen atoms in total. The molecule has 0 aliphatic carbocycles. The van der Waals surface area contributed by atoms with E-state index in [-0.39, 0.29) is 30.6 Å². The summed E-state index contributed by atoms with van der Waals surface area (Å²) in [4.78, 5) is 32.7. The molecule has 0 saturated carbocycles. The lowest BCUT2D eigenvalue weighted by molar-refractivity contribution is -0.123. The predicted octanol–water partition coefficient (Wildman–Crippen LogP) is 4.21. The van der Waals surface area contributed by atoms with Crippen molar-refractivity contribution in [1.82, 2.24) is 20.5 Å². The number of nitrogens with zero attached hydrogens (tertiary/aromatic N) is 2. The molecule has 3 aliphatic heterocycles. The van der Waals surface area contributed by atoms with Gasteiger partial charge in [0.25, 0.3) is 11.8 Å². The van der Waals surface area contributed by atoms with Crippen molar-refractivity contribution in [2.75, 3.05) is 19.7 Å². The van der Waals surface area contributed by atoms with Crippen molar-refractivity contribution in [2.45, 2.75) is 31.7 Å². The molecule has 41 heavy (non-hydrogen) atoms. The highest BCUT2D eigenvalue weighted by molar-refractivity contribution is 5.95. The Hall–Kier alpha value is -4.69. The van der Waals surface area contributed by atoms with E-state index >= 15 is 0 Å². The Morgan fingerprint density at radius 2 is 1.68 bits per heavy atom. The smallest absolute Gasteiger partial charge is 0.258 e. The van der Waals surface area contributed by atoms with Crippen molar-refractivity contribution in [1.29, 1.82) is 0 Å². The van der Waals surface area contributed by atoms with E-state index in [1.165, 1.54) is 5.56 Å². The number of amides is 2. The number of hydrogen-bond donors (Lipinski definition) is 2. The number of carbonyl (C=O) groups excluding carboxylic acids is 2. The van der Waals surface area contributed by atoms with Gasteiger partial charge in [-0.1, -0.05) is 54.6 Å². The van der Waals surface area contributed by atoms with Crippen molar-refractivity contribution < 1.29 is 19.1 Å². The molecule has 1 saturated heterocycles. The third-order valence-electron chi connectivity index (χ3n) is 7.44. The average molecular weight is 549 g/mol. The summed E-state index contributed by atoms with van der Waals surface area (Å²) in [7, 11) is 0. The predicted molar refractivity (Wildman–Crippen MR) is 155 cm³/mol. The first-order valence-electron chi connectivity index (χ1n) is 13.9. The van der Waals surface area contributed by atoms with Crippen LogP contribution in [0.2, 0.25) is 0 Å². The zero-order chi connectivity index (χ0) is 28.0. The highest BCUT2D eigenvalue weighted by Crippen LogP contribution is 2.25. The van der Waals surface area contributed by atoms with Crippen LogP contribution >= 0.6 is 0 Å². The highest BCUT2D eigenvalue weighted by Gasteiger charge is 2.32. The molecule has 7 rings (SSSR count). The van der Waals surface area contributed by atoms with Crippen LogP contribution in [0, 0.1) is 0 Å². The molecule has 6 bridgehead atoms. The van der Waals surface area contributed by atoms with Gasteiger partial charge in [0, 0.05) is 44.1 Å². The van der Waals surface area contributed by atoms with Gasteiger partial charge in [0.1, 0.15) is 17.6 Å². The van der Waals surface area contributed by atoms with Crippen LogP contribution in [-0.4, -0.2) is 53.5 Å². The number of pyridine rings is 1. The van der Waals surface area contributed by atoms with Crippen molar-refractivity contribution in [2.24, 2.45) is 0 Å². The molecule has 3 aromatic carbocycles. The van der Waals surface area contributed by atoms with Crippen LogP contribution in [0.25, 0.3) is 11.1 Å². The third-order valence-corrected chi connectivity index (χ3v) is 7.44. The monoisotopic (exact) mass is 548 g/mol. The maximum atomic E-state index is 13.6. The number of nitrogens with one attached hydrogen (secondary N) is 2. The third kappa shape index (κ3) is 6.73. The van der Waals surface area contributed by atoms with Crippen LogP contribution in [0.4, 0.5) is 0 Å². The van der Waals surface area contributed by atoms with Gasteiger partial charge in [0.15, 0.2) is 6.61 Å². The van der Waals surface area contributed by atoms with E-state index in [1.807, 2.05) is 66.7 Å². The lowest BCUT2D eigenvalue weighted by Gasteiger charge is -2.39. The summed E-state index contributed by atoms with van der Waals surface area (Å²) in [5.41, 5.74) is 4.27. The Balaban J connectivity index is 1.29. The average Bonchev–Trinajstić information content (AvgIpc) is 3.01. The van der Waals surface area contributed by atoms with Crippen LogP contribution < -0.4 is 20.1 Å². The molecule has 0 spiro atoms. The number of piperidine rings is 1. The van der Waals surface area contributed by atoms with Crippen molar-refractivity contribution in [3.8, 4) is 22.6 Å². The Morgan fingerprint density at radius 1 is 0.854 bits per heavy atom. The van der Waals surface area contributed by atoms with Crippen molar-refractivity contribution in [3.63, 3.8) is 0 Å². The first-order valence-corrected chi connectivity index (χ1v) is 13.9. The van der Waals surface area contributed by atoms with Gasteiger partial charge in [0.05, 0.1) is 11.6 Å². The van der Waals surface area contributed by atoms with E-state index in [1.54, 1.807) is 18.5 Å². The zero-order valence-electron chi connectivity index (χ0n) is 22.7. The maximum absolute atomic E-state index is 13.6. The second kappa shape index (κ2) is 12.2. The number of carbonyl (C=O) groups is 2.